The highest BCUT2D eigenvalue weighted by atomic mass is 32.2. The van der Waals surface area contributed by atoms with Crippen LogP contribution in [-0.2, 0) is 0 Å². The third kappa shape index (κ3) is 1.94. The molecule has 15 heavy (non-hydrogen) atoms. The lowest BCUT2D eigenvalue weighted by Gasteiger charge is -2.38. The summed E-state index contributed by atoms with van der Waals surface area (Å²) in [6, 6.07) is 2.44. The van der Waals surface area contributed by atoms with Crippen LogP contribution in [0.3, 0.4) is 0 Å². The number of thioether (sulfide) groups is 1. The number of rotatable bonds is 1. The monoisotopic (exact) mass is 226 g/mol. The molecule has 2 heterocycles. The van der Waals surface area contributed by atoms with Gasteiger partial charge in [-0.1, -0.05) is 0 Å². The Balaban J connectivity index is 1.71. The lowest BCUT2D eigenvalue weighted by molar-refractivity contribution is 0.250. The Morgan fingerprint density at radius 2 is 2.07 bits per heavy atom. The molecule has 1 spiro atoms. The van der Waals surface area contributed by atoms with E-state index < -0.39 is 0 Å². The highest BCUT2D eigenvalue weighted by molar-refractivity contribution is 8.00. The molecule has 0 radical (unpaired) electrons. The van der Waals surface area contributed by atoms with Gasteiger partial charge in [0, 0.05) is 24.7 Å². The lowest BCUT2D eigenvalue weighted by Crippen LogP contribution is -2.52. The van der Waals surface area contributed by atoms with E-state index in [1.807, 2.05) is 0 Å². The Bertz CT molecular complexity index is 254. The molecule has 3 aliphatic rings. The van der Waals surface area contributed by atoms with Gasteiger partial charge in [0.15, 0.2) is 0 Å². The molecule has 0 aromatic carbocycles. The zero-order valence-electron chi connectivity index (χ0n) is 9.83. The van der Waals surface area contributed by atoms with Crippen LogP contribution >= 0.6 is 11.8 Å². The van der Waals surface area contributed by atoms with Gasteiger partial charge >= 0.3 is 0 Å². The van der Waals surface area contributed by atoms with Crippen molar-refractivity contribution in [3.63, 3.8) is 0 Å². The number of nitrogens with one attached hydrogen (secondary N) is 1. The number of hydrogen-bond donors (Lipinski definition) is 1. The van der Waals surface area contributed by atoms with E-state index in [-0.39, 0.29) is 0 Å². The van der Waals surface area contributed by atoms with Crippen molar-refractivity contribution in [2.24, 2.45) is 0 Å². The molecule has 2 saturated heterocycles. The van der Waals surface area contributed by atoms with Crippen LogP contribution in [0.4, 0.5) is 0 Å². The first-order valence-corrected chi connectivity index (χ1v) is 7.34. The highest BCUT2D eigenvalue weighted by Crippen LogP contribution is 2.44. The van der Waals surface area contributed by atoms with Crippen molar-refractivity contribution in [2.75, 3.05) is 12.3 Å². The number of hydrogen-bond acceptors (Lipinski definition) is 3. The smallest absolute Gasteiger partial charge is 0.0790 e. The van der Waals surface area contributed by atoms with Crippen molar-refractivity contribution in [3.05, 3.63) is 0 Å². The Labute approximate surface area is 97.2 Å². The van der Waals surface area contributed by atoms with Crippen molar-refractivity contribution in [1.29, 1.82) is 0 Å². The summed E-state index contributed by atoms with van der Waals surface area (Å²) in [5, 5.41) is 3.86. The molecule has 1 N–H and O–H groups in total. The van der Waals surface area contributed by atoms with Gasteiger partial charge in [0.1, 0.15) is 0 Å². The van der Waals surface area contributed by atoms with Crippen LogP contribution in [0.2, 0.25) is 0 Å². The van der Waals surface area contributed by atoms with Crippen molar-refractivity contribution in [1.82, 2.24) is 10.2 Å². The lowest BCUT2D eigenvalue weighted by atomic mass is 10.1. The van der Waals surface area contributed by atoms with E-state index in [4.69, 9.17) is 0 Å². The quantitative estimate of drug-likeness (QED) is 0.737. The Morgan fingerprint density at radius 3 is 2.73 bits per heavy atom. The minimum Gasteiger partial charge on any atom is -0.299 e. The normalized spacial score (nSPS) is 47.6. The zero-order valence-corrected chi connectivity index (χ0v) is 10.6. The van der Waals surface area contributed by atoms with E-state index in [1.54, 1.807) is 0 Å². The van der Waals surface area contributed by atoms with Crippen LogP contribution in [0.25, 0.3) is 0 Å². The molecule has 1 aliphatic carbocycles. The first-order chi connectivity index (χ1) is 7.19. The molecule has 3 rings (SSSR count). The van der Waals surface area contributed by atoms with Crippen LogP contribution in [-0.4, -0.2) is 40.2 Å². The first kappa shape index (κ1) is 10.4. The van der Waals surface area contributed by atoms with Crippen LogP contribution in [0.15, 0.2) is 0 Å². The van der Waals surface area contributed by atoms with Crippen molar-refractivity contribution in [2.45, 2.75) is 62.5 Å². The summed E-state index contributed by atoms with van der Waals surface area (Å²) >= 11 is 2.18. The summed E-state index contributed by atoms with van der Waals surface area (Å²) in [5.74, 6) is 1.35. The van der Waals surface area contributed by atoms with E-state index in [0.717, 1.165) is 18.1 Å². The molecule has 3 atom stereocenters. The number of nitrogens with zero attached hydrogens (tertiary/aromatic N) is 1. The zero-order chi connectivity index (χ0) is 10.5. The fourth-order valence-corrected chi connectivity index (χ4v) is 4.95. The summed E-state index contributed by atoms with van der Waals surface area (Å²) in [5.41, 5.74) is 0. The Kier molecular flexibility index (Phi) is 2.53. The minimum absolute atomic E-state index is 0.402. The van der Waals surface area contributed by atoms with Gasteiger partial charge in [-0.15, -0.1) is 11.8 Å². The molecular formula is C12H22N2S. The second-order valence-electron chi connectivity index (χ2n) is 5.63. The molecular weight excluding hydrogens is 204 g/mol. The molecule has 2 nitrogen and oxygen atoms in total. The fourth-order valence-electron chi connectivity index (χ4n) is 3.21. The third-order valence-corrected chi connectivity index (χ3v) is 5.49. The van der Waals surface area contributed by atoms with Gasteiger partial charge < -0.3 is 0 Å². The molecule has 3 heteroatoms. The molecule has 0 aromatic heterocycles. The second kappa shape index (κ2) is 3.64. The summed E-state index contributed by atoms with van der Waals surface area (Å²) < 4.78 is 0. The van der Waals surface area contributed by atoms with E-state index >= 15 is 0 Å². The molecule has 0 bridgehead atoms. The Morgan fingerprint density at radius 1 is 1.27 bits per heavy atom. The van der Waals surface area contributed by atoms with Gasteiger partial charge in [-0.3, -0.25) is 10.2 Å². The average molecular weight is 226 g/mol. The average Bonchev–Trinajstić information content (AvgIpc) is 2.93. The summed E-state index contributed by atoms with van der Waals surface area (Å²) in [4.78, 5) is 3.15. The number of likely N-dealkylation sites (tertiary alicyclic amines) is 1. The molecule has 2 aliphatic heterocycles. The van der Waals surface area contributed by atoms with Crippen LogP contribution < -0.4 is 5.32 Å². The predicted octanol–water partition coefficient (Wildman–Crippen LogP) is 2.05. The SMILES string of the molecule is CC1CCSC2(CC(C)N(C3CC3)C2)N1. The minimum atomic E-state index is 0.402. The second-order valence-corrected chi connectivity index (χ2v) is 7.11. The summed E-state index contributed by atoms with van der Waals surface area (Å²) in [6.45, 7) is 6.04. The van der Waals surface area contributed by atoms with Gasteiger partial charge in [-0.2, -0.15) is 0 Å². The van der Waals surface area contributed by atoms with Crippen LogP contribution in [0, 0.1) is 0 Å². The van der Waals surface area contributed by atoms with Crippen LogP contribution in [0.1, 0.15) is 39.5 Å². The van der Waals surface area contributed by atoms with Crippen molar-refractivity contribution >= 4 is 11.8 Å². The van der Waals surface area contributed by atoms with Gasteiger partial charge in [0.25, 0.3) is 0 Å². The maximum absolute atomic E-state index is 3.86. The molecule has 86 valence electrons. The molecule has 0 aromatic rings. The Hall–Kier alpha value is 0.270. The van der Waals surface area contributed by atoms with E-state index in [0.29, 0.717) is 4.87 Å². The van der Waals surface area contributed by atoms with Crippen molar-refractivity contribution in [3.8, 4) is 0 Å². The first-order valence-electron chi connectivity index (χ1n) is 6.36. The van der Waals surface area contributed by atoms with Crippen LogP contribution in [0.5, 0.6) is 0 Å². The van der Waals surface area contributed by atoms with E-state index in [9.17, 15) is 0 Å². The summed E-state index contributed by atoms with van der Waals surface area (Å²) in [7, 11) is 0. The molecule has 3 fully saturated rings. The maximum atomic E-state index is 3.86. The highest BCUT2D eigenvalue weighted by Gasteiger charge is 2.48. The molecule has 3 unspecified atom stereocenters. The largest absolute Gasteiger partial charge is 0.299 e. The topological polar surface area (TPSA) is 15.3 Å². The predicted molar refractivity (Wildman–Crippen MR) is 66.2 cm³/mol. The molecule has 0 amide bonds. The van der Waals surface area contributed by atoms with Gasteiger partial charge in [-0.25, -0.2) is 0 Å². The van der Waals surface area contributed by atoms with Gasteiger partial charge in [0.2, 0.25) is 0 Å². The van der Waals surface area contributed by atoms with Gasteiger partial charge in [0.05, 0.1) is 4.87 Å². The van der Waals surface area contributed by atoms with E-state index in [1.165, 1.54) is 38.0 Å². The third-order valence-electron chi connectivity index (χ3n) is 4.08. The fraction of sp³-hybridized carbons (Fsp3) is 1.00. The molecule has 1 saturated carbocycles. The summed E-state index contributed by atoms with van der Waals surface area (Å²) in [6.07, 6.45) is 5.57. The van der Waals surface area contributed by atoms with Crippen molar-refractivity contribution < 1.29 is 0 Å². The van der Waals surface area contributed by atoms with Gasteiger partial charge in [-0.05, 0) is 45.3 Å². The standard InChI is InChI=1S/C12H22N2S/c1-9-5-6-15-12(13-9)7-10(2)14(8-12)11-3-4-11/h9-11,13H,3-8H2,1-2H3. The maximum Gasteiger partial charge on any atom is 0.0790 e. The van der Waals surface area contributed by atoms with E-state index in [2.05, 4.69) is 35.8 Å².